The first-order valence-corrected chi connectivity index (χ1v) is 6.48. The molecule has 1 rings (SSSR count). The molecule has 1 aromatic carbocycles. The number of terminal acetylenes is 1. The van der Waals surface area contributed by atoms with Crippen LogP contribution in [0.25, 0.3) is 0 Å². The van der Waals surface area contributed by atoms with E-state index in [9.17, 15) is 0 Å². The molecule has 5 heteroatoms. The number of nitrogens with zero attached hydrogens (tertiary/aromatic N) is 2. The van der Waals surface area contributed by atoms with Crippen LogP contribution in [0.4, 0.5) is 0 Å². The molecule has 1 aromatic rings. The average Bonchev–Trinajstić information content (AvgIpc) is 2.37. The van der Waals surface area contributed by atoms with E-state index >= 15 is 0 Å². The van der Waals surface area contributed by atoms with E-state index in [1.165, 1.54) is 6.07 Å². The van der Waals surface area contributed by atoms with Gasteiger partial charge in [-0.15, -0.1) is 6.42 Å². The summed E-state index contributed by atoms with van der Waals surface area (Å²) in [5.41, 5.74) is 0.352. The molecule has 0 radical (unpaired) electrons. The Balaban J connectivity index is 2.50. The molecule has 0 aromatic heterocycles. The van der Waals surface area contributed by atoms with Crippen LogP contribution in [0.15, 0.2) is 12.1 Å². The van der Waals surface area contributed by atoms with Gasteiger partial charge in [0.2, 0.25) is 0 Å². The van der Waals surface area contributed by atoms with Crippen molar-refractivity contribution in [3.8, 4) is 24.2 Å². The minimum Gasteiger partial charge on any atom is -0.492 e. The van der Waals surface area contributed by atoms with Gasteiger partial charge in [-0.1, -0.05) is 29.1 Å². The highest BCUT2D eigenvalue weighted by atomic mass is 35.5. The standard InChI is InChI=1S/C14H14Cl2N2O/c1-3-5-18(2)6-4-7-19-14-8-11(10-17)12(15)9-13(14)16/h1,8-9H,4-7H2,2H3. The fraction of sp³-hybridized carbons (Fsp3) is 0.357. The summed E-state index contributed by atoms with van der Waals surface area (Å²) in [6, 6.07) is 5.05. The first kappa shape index (κ1) is 15.7. The van der Waals surface area contributed by atoms with E-state index < -0.39 is 0 Å². The van der Waals surface area contributed by atoms with E-state index in [0.29, 0.717) is 34.5 Å². The van der Waals surface area contributed by atoms with Crippen LogP contribution in [-0.4, -0.2) is 31.6 Å². The maximum atomic E-state index is 8.88. The lowest BCUT2D eigenvalue weighted by atomic mass is 10.2. The maximum Gasteiger partial charge on any atom is 0.139 e. The van der Waals surface area contributed by atoms with Gasteiger partial charge in [0, 0.05) is 12.6 Å². The van der Waals surface area contributed by atoms with Crippen LogP contribution < -0.4 is 4.74 Å². The van der Waals surface area contributed by atoms with E-state index in [-0.39, 0.29) is 0 Å². The lowest BCUT2D eigenvalue weighted by Gasteiger charge is -2.14. The Labute approximate surface area is 123 Å². The van der Waals surface area contributed by atoms with Gasteiger partial charge in [-0.2, -0.15) is 5.26 Å². The third kappa shape index (κ3) is 5.01. The number of hydrogen-bond acceptors (Lipinski definition) is 3. The molecule has 19 heavy (non-hydrogen) atoms. The van der Waals surface area contributed by atoms with Crippen LogP contribution in [0.1, 0.15) is 12.0 Å². The van der Waals surface area contributed by atoms with Crippen molar-refractivity contribution in [3.63, 3.8) is 0 Å². The second kappa shape index (κ2) is 7.92. The van der Waals surface area contributed by atoms with Crippen molar-refractivity contribution in [2.75, 3.05) is 26.7 Å². The summed E-state index contributed by atoms with van der Waals surface area (Å²) < 4.78 is 5.54. The summed E-state index contributed by atoms with van der Waals surface area (Å²) in [7, 11) is 1.95. The topological polar surface area (TPSA) is 36.3 Å². The Morgan fingerprint density at radius 2 is 2.11 bits per heavy atom. The van der Waals surface area contributed by atoms with Crippen molar-refractivity contribution >= 4 is 23.2 Å². The van der Waals surface area contributed by atoms with Crippen LogP contribution in [0.3, 0.4) is 0 Å². The smallest absolute Gasteiger partial charge is 0.139 e. The summed E-state index contributed by atoms with van der Waals surface area (Å²) in [4.78, 5) is 2.02. The molecule has 3 nitrogen and oxygen atoms in total. The Morgan fingerprint density at radius 3 is 2.74 bits per heavy atom. The molecular formula is C14H14Cl2N2O. The van der Waals surface area contributed by atoms with Crippen molar-refractivity contribution in [2.24, 2.45) is 0 Å². The highest BCUT2D eigenvalue weighted by molar-refractivity contribution is 6.36. The molecule has 0 aliphatic rings. The monoisotopic (exact) mass is 296 g/mol. The van der Waals surface area contributed by atoms with E-state index in [1.54, 1.807) is 6.07 Å². The minimum atomic E-state index is 0.327. The van der Waals surface area contributed by atoms with Crippen LogP contribution >= 0.6 is 23.2 Å². The Bertz CT molecular complexity index is 517. The Kier molecular flexibility index (Phi) is 6.53. The number of rotatable bonds is 6. The number of halogens is 2. The summed E-state index contributed by atoms with van der Waals surface area (Å²) in [6.45, 7) is 1.95. The van der Waals surface area contributed by atoms with Gasteiger partial charge in [-0.3, -0.25) is 4.90 Å². The number of hydrogen-bond donors (Lipinski definition) is 0. The van der Waals surface area contributed by atoms with E-state index in [2.05, 4.69) is 5.92 Å². The fourth-order valence-corrected chi connectivity index (χ4v) is 1.96. The van der Waals surface area contributed by atoms with Gasteiger partial charge in [0.15, 0.2) is 0 Å². The summed E-state index contributed by atoms with van der Waals surface area (Å²) >= 11 is 11.8. The Morgan fingerprint density at radius 1 is 1.37 bits per heavy atom. The molecule has 0 unspecified atom stereocenters. The molecule has 0 atom stereocenters. The molecular weight excluding hydrogens is 283 g/mol. The molecule has 0 spiro atoms. The van der Waals surface area contributed by atoms with Gasteiger partial charge in [-0.05, 0) is 19.5 Å². The molecule has 0 bridgehead atoms. The summed E-state index contributed by atoms with van der Waals surface area (Å²) in [6.07, 6.45) is 6.03. The third-order valence-corrected chi connectivity index (χ3v) is 3.05. The van der Waals surface area contributed by atoms with Crippen molar-refractivity contribution in [1.29, 1.82) is 5.26 Å². The average molecular weight is 297 g/mol. The molecule has 0 saturated heterocycles. The highest BCUT2D eigenvalue weighted by Crippen LogP contribution is 2.30. The van der Waals surface area contributed by atoms with E-state index in [1.807, 2.05) is 18.0 Å². The first-order valence-electron chi connectivity index (χ1n) is 5.72. The van der Waals surface area contributed by atoms with E-state index in [0.717, 1.165) is 13.0 Å². The van der Waals surface area contributed by atoms with Gasteiger partial charge in [0.25, 0.3) is 0 Å². The molecule has 0 amide bonds. The normalized spacial score (nSPS) is 10.0. The van der Waals surface area contributed by atoms with Crippen LogP contribution in [0, 0.1) is 23.7 Å². The molecule has 0 aliphatic heterocycles. The molecule has 0 aliphatic carbocycles. The molecule has 0 fully saturated rings. The molecule has 0 N–H and O–H groups in total. The van der Waals surface area contributed by atoms with Crippen molar-refractivity contribution < 1.29 is 4.74 Å². The van der Waals surface area contributed by atoms with Gasteiger partial charge in [0.05, 0.1) is 28.8 Å². The van der Waals surface area contributed by atoms with Gasteiger partial charge >= 0.3 is 0 Å². The van der Waals surface area contributed by atoms with Crippen LogP contribution in [0.5, 0.6) is 5.75 Å². The second-order valence-corrected chi connectivity index (χ2v) is 4.83. The second-order valence-electron chi connectivity index (χ2n) is 4.02. The van der Waals surface area contributed by atoms with Crippen molar-refractivity contribution in [1.82, 2.24) is 4.90 Å². The summed E-state index contributed by atoms with van der Waals surface area (Å²) in [5, 5.41) is 9.61. The fourth-order valence-electron chi connectivity index (χ4n) is 1.48. The number of nitriles is 1. The zero-order valence-corrected chi connectivity index (χ0v) is 12.1. The third-order valence-electron chi connectivity index (χ3n) is 2.44. The van der Waals surface area contributed by atoms with Crippen molar-refractivity contribution in [2.45, 2.75) is 6.42 Å². The Hall–Kier alpha value is -1.39. The quantitative estimate of drug-likeness (QED) is 0.597. The van der Waals surface area contributed by atoms with Gasteiger partial charge < -0.3 is 4.74 Å². The zero-order valence-electron chi connectivity index (χ0n) is 10.6. The lowest BCUT2D eigenvalue weighted by Crippen LogP contribution is -2.21. The molecule has 100 valence electrons. The predicted molar refractivity (Wildman–Crippen MR) is 77.6 cm³/mol. The highest BCUT2D eigenvalue weighted by Gasteiger charge is 2.08. The van der Waals surface area contributed by atoms with Gasteiger partial charge in [-0.25, -0.2) is 0 Å². The van der Waals surface area contributed by atoms with Crippen LogP contribution in [0.2, 0.25) is 10.0 Å². The number of benzene rings is 1. The molecule has 0 heterocycles. The number of ether oxygens (including phenoxy) is 1. The maximum absolute atomic E-state index is 8.88. The largest absolute Gasteiger partial charge is 0.492 e. The van der Waals surface area contributed by atoms with Crippen molar-refractivity contribution in [3.05, 3.63) is 27.7 Å². The zero-order chi connectivity index (χ0) is 14.3. The summed E-state index contributed by atoms with van der Waals surface area (Å²) in [5.74, 6) is 3.04. The predicted octanol–water partition coefficient (Wildman–Crippen LogP) is 3.20. The van der Waals surface area contributed by atoms with E-state index in [4.69, 9.17) is 39.6 Å². The minimum absolute atomic E-state index is 0.327. The lowest BCUT2D eigenvalue weighted by molar-refractivity contribution is 0.274. The first-order chi connectivity index (χ1) is 9.08. The SMILES string of the molecule is C#CCN(C)CCCOc1cc(C#N)c(Cl)cc1Cl. The molecule has 0 saturated carbocycles. The van der Waals surface area contributed by atoms with Gasteiger partial charge in [0.1, 0.15) is 11.8 Å². The van der Waals surface area contributed by atoms with Crippen LogP contribution in [-0.2, 0) is 0 Å².